The van der Waals surface area contributed by atoms with Crippen molar-refractivity contribution in [1.82, 2.24) is 4.90 Å². The summed E-state index contributed by atoms with van der Waals surface area (Å²) in [4.78, 5) is 13.1. The molecule has 2 N–H and O–H groups in total. The Bertz CT molecular complexity index is 1170. The van der Waals surface area contributed by atoms with E-state index in [-0.39, 0.29) is 5.92 Å². The highest BCUT2D eigenvalue weighted by atomic mass is 79.9. The van der Waals surface area contributed by atoms with Gasteiger partial charge in [0.25, 0.3) is 0 Å². The second-order valence-corrected chi connectivity index (χ2v) is 7.15. The van der Waals surface area contributed by atoms with Gasteiger partial charge < -0.3 is 18.6 Å². The van der Waals surface area contributed by atoms with Crippen LogP contribution in [0.2, 0.25) is 0 Å². The average molecular weight is 446 g/mol. The molecule has 2 heterocycles. The number of rotatable bonds is 3. The number of nitrogens with two attached hydrogens (primary N) is 1. The lowest BCUT2D eigenvalue weighted by molar-refractivity contribution is 0.104. The van der Waals surface area contributed by atoms with Crippen LogP contribution in [-0.2, 0) is 4.74 Å². The monoisotopic (exact) mass is 445 g/mol. The van der Waals surface area contributed by atoms with Gasteiger partial charge in [0, 0.05) is 17.2 Å². The van der Waals surface area contributed by atoms with E-state index in [0.717, 1.165) is 5.56 Å². The summed E-state index contributed by atoms with van der Waals surface area (Å²) in [6.45, 7) is 0. The molecule has 1 fully saturated rings. The molecule has 2 aromatic rings. The van der Waals surface area contributed by atoms with Crippen LogP contribution in [0.4, 0.5) is 0 Å². The Balaban J connectivity index is 1.98. The second-order valence-electron chi connectivity index (χ2n) is 6.29. The van der Waals surface area contributed by atoms with E-state index in [9.17, 15) is 10.1 Å². The molecule has 1 saturated heterocycles. The van der Waals surface area contributed by atoms with Gasteiger partial charge in [-0.25, -0.2) is 9.69 Å². The van der Waals surface area contributed by atoms with Crippen molar-refractivity contribution in [2.75, 3.05) is 14.2 Å². The van der Waals surface area contributed by atoms with E-state index in [4.69, 9.17) is 24.4 Å². The minimum atomic E-state index is -0.971. The number of nitriles is 1. The number of fused-ring (bicyclic) bond motifs is 2. The summed E-state index contributed by atoms with van der Waals surface area (Å²) in [6.07, 6.45) is 3.03. The minimum absolute atomic E-state index is 0.293. The van der Waals surface area contributed by atoms with E-state index in [1.165, 1.54) is 11.0 Å². The molecule has 144 valence electrons. The van der Waals surface area contributed by atoms with Gasteiger partial charge >= 0.3 is 5.63 Å². The van der Waals surface area contributed by atoms with Crippen LogP contribution in [0, 0.1) is 11.5 Å². The van der Waals surface area contributed by atoms with Crippen LogP contribution in [0.1, 0.15) is 11.5 Å². The molecule has 3 atom stereocenters. The molecule has 4 rings (SSSR count). The van der Waals surface area contributed by atoms with Crippen LogP contribution >= 0.6 is 15.9 Å². The number of ether oxygens (including phenoxy) is 3. The molecule has 1 aliphatic carbocycles. The SMILES string of the molecule is COc1cc(C2C=c3ccc(=O)oc3=C3OC(N)N(C#N)C32)cc(Br)c1OC. The van der Waals surface area contributed by atoms with Gasteiger partial charge in [0.1, 0.15) is 6.04 Å². The highest BCUT2D eigenvalue weighted by Crippen LogP contribution is 2.43. The number of halogens is 1. The highest BCUT2D eigenvalue weighted by molar-refractivity contribution is 9.10. The smallest absolute Gasteiger partial charge is 0.336 e. The van der Waals surface area contributed by atoms with Crippen molar-refractivity contribution in [3.05, 3.63) is 55.4 Å². The zero-order valence-corrected chi connectivity index (χ0v) is 16.6. The number of hydrogen-bond acceptors (Lipinski definition) is 8. The Morgan fingerprint density at radius 3 is 2.75 bits per heavy atom. The number of nitrogens with zero attached hydrogens (tertiary/aromatic N) is 2. The van der Waals surface area contributed by atoms with E-state index >= 15 is 0 Å². The molecule has 28 heavy (non-hydrogen) atoms. The minimum Gasteiger partial charge on any atom is -0.493 e. The first-order chi connectivity index (χ1) is 13.5. The summed E-state index contributed by atoms with van der Waals surface area (Å²) < 4.78 is 22.6. The lowest BCUT2D eigenvalue weighted by Crippen LogP contribution is -2.44. The van der Waals surface area contributed by atoms with Crippen LogP contribution < -0.4 is 31.5 Å². The Hall–Kier alpha value is -2.96. The molecule has 0 radical (unpaired) electrons. The van der Waals surface area contributed by atoms with Crippen molar-refractivity contribution >= 4 is 27.8 Å². The van der Waals surface area contributed by atoms with E-state index in [1.54, 1.807) is 20.3 Å². The van der Waals surface area contributed by atoms with Gasteiger partial charge in [0.15, 0.2) is 28.9 Å². The zero-order valence-electron chi connectivity index (χ0n) is 15.0. The Morgan fingerprint density at radius 1 is 1.29 bits per heavy atom. The van der Waals surface area contributed by atoms with Crippen LogP contribution in [0.15, 0.2) is 37.9 Å². The molecule has 0 amide bonds. The summed E-state index contributed by atoms with van der Waals surface area (Å²) >= 11 is 3.50. The standard InChI is InChI=1S/C19H16BrN3O5/c1-25-13-7-10(6-12(20)17(13)26-2)11-5-9-3-4-14(24)27-16(9)18-15(11)23(8-21)19(22)28-18/h3-7,11,15,19H,22H2,1-2H3. The van der Waals surface area contributed by atoms with Crippen molar-refractivity contribution in [3.63, 3.8) is 0 Å². The third-order valence-corrected chi connectivity index (χ3v) is 5.42. The third-order valence-electron chi connectivity index (χ3n) is 4.83. The summed E-state index contributed by atoms with van der Waals surface area (Å²) in [5, 5.41) is 10.3. The molecule has 2 aliphatic rings. The van der Waals surface area contributed by atoms with Gasteiger partial charge in [-0.2, -0.15) is 5.26 Å². The molecule has 9 heteroatoms. The van der Waals surface area contributed by atoms with Crippen LogP contribution in [0.3, 0.4) is 0 Å². The van der Waals surface area contributed by atoms with Gasteiger partial charge in [-0.05, 0) is 39.7 Å². The molecule has 0 spiro atoms. The fourth-order valence-electron chi connectivity index (χ4n) is 3.63. The molecule has 1 aromatic heterocycles. The van der Waals surface area contributed by atoms with E-state index in [2.05, 4.69) is 22.1 Å². The lowest BCUT2D eigenvalue weighted by Gasteiger charge is -2.27. The molecule has 3 unspecified atom stereocenters. The van der Waals surface area contributed by atoms with Crippen LogP contribution in [0.25, 0.3) is 11.8 Å². The lowest BCUT2D eigenvalue weighted by atomic mass is 9.86. The Kier molecular flexibility index (Phi) is 4.53. The molecule has 1 aliphatic heterocycles. The van der Waals surface area contributed by atoms with Gasteiger partial charge in [-0.15, -0.1) is 0 Å². The van der Waals surface area contributed by atoms with Gasteiger partial charge in [-0.1, -0.05) is 6.08 Å². The largest absolute Gasteiger partial charge is 0.493 e. The summed E-state index contributed by atoms with van der Waals surface area (Å²) in [6, 6.07) is 6.18. The van der Waals surface area contributed by atoms with Crippen LogP contribution in [0.5, 0.6) is 11.5 Å². The first-order valence-electron chi connectivity index (χ1n) is 8.36. The summed E-state index contributed by atoms with van der Waals surface area (Å²) in [7, 11) is 3.11. The van der Waals surface area contributed by atoms with Crippen molar-refractivity contribution < 1.29 is 18.6 Å². The topological polar surface area (TPSA) is 111 Å². The molecular weight excluding hydrogens is 430 g/mol. The molecule has 0 bridgehead atoms. The van der Waals surface area contributed by atoms with E-state index in [1.807, 2.05) is 18.2 Å². The van der Waals surface area contributed by atoms with Crippen molar-refractivity contribution in [2.45, 2.75) is 18.3 Å². The highest BCUT2D eigenvalue weighted by Gasteiger charge is 2.45. The number of benzene rings is 1. The maximum absolute atomic E-state index is 11.7. The van der Waals surface area contributed by atoms with Gasteiger partial charge in [0.2, 0.25) is 6.35 Å². The fourth-order valence-corrected chi connectivity index (χ4v) is 4.25. The Morgan fingerprint density at radius 2 is 2.07 bits per heavy atom. The maximum Gasteiger partial charge on any atom is 0.336 e. The van der Waals surface area contributed by atoms with Gasteiger partial charge in [0.05, 0.1) is 18.7 Å². The maximum atomic E-state index is 11.7. The van der Waals surface area contributed by atoms with Crippen LogP contribution in [-0.4, -0.2) is 31.5 Å². The molecular formula is C19H16BrN3O5. The summed E-state index contributed by atoms with van der Waals surface area (Å²) in [5.74, 6) is 1.16. The van der Waals surface area contributed by atoms with Crippen molar-refractivity contribution in [1.29, 1.82) is 5.26 Å². The van der Waals surface area contributed by atoms with E-state index in [0.29, 0.717) is 32.4 Å². The number of hydrogen-bond donors (Lipinski definition) is 1. The molecule has 8 nitrogen and oxygen atoms in total. The third kappa shape index (κ3) is 2.73. The van der Waals surface area contributed by atoms with Crippen molar-refractivity contribution in [3.8, 4) is 17.7 Å². The predicted octanol–water partition coefficient (Wildman–Crippen LogP) is 0.530. The first-order valence-corrected chi connectivity index (χ1v) is 9.15. The Labute approximate surface area is 168 Å². The predicted molar refractivity (Wildman–Crippen MR) is 102 cm³/mol. The molecule has 0 saturated carbocycles. The van der Waals surface area contributed by atoms with Gasteiger partial charge in [-0.3, -0.25) is 5.73 Å². The normalized spacial score (nSPS) is 22.5. The fraction of sp³-hybridized carbons (Fsp3) is 0.263. The second kappa shape index (κ2) is 6.89. The first kappa shape index (κ1) is 18.4. The quantitative estimate of drug-likeness (QED) is 0.680. The number of methoxy groups -OCH3 is 2. The average Bonchev–Trinajstić information content (AvgIpc) is 3.03. The van der Waals surface area contributed by atoms with E-state index < -0.39 is 18.0 Å². The summed E-state index contributed by atoms with van der Waals surface area (Å²) in [5.41, 5.74) is 6.63. The van der Waals surface area contributed by atoms with Crippen molar-refractivity contribution in [2.24, 2.45) is 5.73 Å². The zero-order chi connectivity index (χ0) is 20.0. The molecule has 1 aromatic carbocycles.